The Bertz CT molecular complexity index is 1080. The number of nitrogens with one attached hydrogen (secondary N) is 1. The lowest BCUT2D eigenvalue weighted by molar-refractivity contribution is 0.00604. The number of hydrogen-bond acceptors (Lipinski definition) is 3. The molecule has 2 fully saturated rings. The van der Waals surface area contributed by atoms with E-state index in [1.165, 1.54) is 6.07 Å². The maximum Gasteiger partial charge on any atom is 0.325 e. The number of aromatic amines is 1. The summed E-state index contributed by atoms with van der Waals surface area (Å²) >= 11 is 0. The molecule has 2 amide bonds. The van der Waals surface area contributed by atoms with Crippen molar-refractivity contribution in [3.8, 4) is 11.1 Å². The van der Waals surface area contributed by atoms with Crippen molar-refractivity contribution >= 4 is 11.7 Å². The van der Waals surface area contributed by atoms with Crippen LogP contribution in [0.3, 0.4) is 0 Å². The average molecular weight is 420 g/mol. The lowest BCUT2D eigenvalue weighted by Crippen LogP contribution is -2.50. The van der Waals surface area contributed by atoms with Crippen LogP contribution < -0.4 is 4.90 Å². The summed E-state index contributed by atoms with van der Waals surface area (Å²) in [5, 5.41) is 6.82. The van der Waals surface area contributed by atoms with E-state index in [9.17, 15) is 9.18 Å². The molecule has 2 aliphatic heterocycles. The van der Waals surface area contributed by atoms with Gasteiger partial charge in [0.2, 0.25) is 0 Å². The third kappa shape index (κ3) is 3.49. The lowest BCUT2D eigenvalue weighted by atomic mass is 9.88. The molecule has 2 saturated heterocycles. The Morgan fingerprint density at radius 2 is 1.90 bits per heavy atom. The number of halogens is 1. The average Bonchev–Trinajstić information content (AvgIpc) is 3.41. The van der Waals surface area contributed by atoms with E-state index in [1.807, 2.05) is 46.3 Å². The third-order valence-corrected chi connectivity index (χ3v) is 6.63. The van der Waals surface area contributed by atoms with Crippen LogP contribution in [0.2, 0.25) is 0 Å². The molecule has 0 aliphatic carbocycles. The van der Waals surface area contributed by atoms with Gasteiger partial charge in [-0.25, -0.2) is 9.18 Å². The van der Waals surface area contributed by atoms with Gasteiger partial charge in [-0.15, -0.1) is 0 Å². The first-order chi connectivity index (χ1) is 15.1. The fourth-order valence-corrected chi connectivity index (χ4v) is 4.65. The number of nitrogens with zero attached hydrogens (tertiary/aromatic N) is 3. The minimum absolute atomic E-state index is 0.0402. The van der Waals surface area contributed by atoms with E-state index in [2.05, 4.69) is 10.2 Å². The maximum atomic E-state index is 14.1. The molecule has 1 aromatic heterocycles. The number of urea groups is 1. The standard InChI is InChI=1S/C24H25FN4O2/c1-17-19(3-2-4-22(17)25)15-29-23(30)28(16-24(29)9-11-31-12-10-24)21-7-5-18(6-8-21)20-13-26-27-14-20/h2-8,13-14H,9-12,15-16H2,1H3,(H,26,27). The van der Waals surface area contributed by atoms with E-state index < -0.39 is 0 Å². The molecular weight excluding hydrogens is 395 g/mol. The van der Waals surface area contributed by atoms with Crippen molar-refractivity contribution in [2.24, 2.45) is 0 Å². The van der Waals surface area contributed by atoms with E-state index >= 15 is 0 Å². The minimum atomic E-state index is -0.308. The summed E-state index contributed by atoms with van der Waals surface area (Å²) in [6.45, 7) is 4.02. The highest BCUT2D eigenvalue weighted by molar-refractivity contribution is 5.95. The van der Waals surface area contributed by atoms with Crippen LogP contribution in [0.5, 0.6) is 0 Å². The van der Waals surface area contributed by atoms with Gasteiger partial charge in [0.1, 0.15) is 5.82 Å². The molecule has 31 heavy (non-hydrogen) atoms. The first-order valence-electron chi connectivity index (χ1n) is 10.6. The summed E-state index contributed by atoms with van der Waals surface area (Å²) < 4.78 is 19.7. The van der Waals surface area contributed by atoms with E-state index in [0.29, 0.717) is 31.9 Å². The van der Waals surface area contributed by atoms with Gasteiger partial charge < -0.3 is 9.64 Å². The Morgan fingerprint density at radius 1 is 1.13 bits per heavy atom. The Labute approximate surface area is 180 Å². The zero-order valence-electron chi connectivity index (χ0n) is 17.5. The number of rotatable bonds is 4. The SMILES string of the molecule is Cc1c(F)cccc1CN1C(=O)N(c2ccc(-c3cn[nH]c3)cc2)CC12CCOCC2. The van der Waals surface area contributed by atoms with Crippen molar-refractivity contribution in [3.05, 3.63) is 71.8 Å². The number of H-pyrrole nitrogens is 1. The summed E-state index contributed by atoms with van der Waals surface area (Å²) in [7, 11) is 0. The van der Waals surface area contributed by atoms with Gasteiger partial charge in [0, 0.05) is 37.2 Å². The Kier molecular flexibility index (Phi) is 4.98. The lowest BCUT2D eigenvalue weighted by Gasteiger charge is -2.40. The van der Waals surface area contributed by atoms with Gasteiger partial charge in [0.05, 0.1) is 18.3 Å². The second kappa shape index (κ2) is 7.81. The van der Waals surface area contributed by atoms with E-state index in [1.54, 1.807) is 19.2 Å². The number of carbonyl (C=O) groups excluding carboxylic acids is 1. The third-order valence-electron chi connectivity index (χ3n) is 6.63. The molecule has 0 bridgehead atoms. The van der Waals surface area contributed by atoms with Gasteiger partial charge in [-0.1, -0.05) is 24.3 Å². The Hall–Kier alpha value is -3.19. The van der Waals surface area contributed by atoms with Crippen LogP contribution in [0.4, 0.5) is 14.9 Å². The first-order valence-corrected chi connectivity index (χ1v) is 10.6. The highest BCUT2D eigenvalue weighted by Crippen LogP contribution is 2.39. The summed E-state index contributed by atoms with van der Waals surface area (Å²) in [5.74, 6) is -0.239. The molecule has 0 unspecified atom stereocenters. The predicted molar refractivity (Wildman–Crippen MR) is 116 cm³/mol. The summed E-state index contributed by atoms with van der Waals surface area (Å²) in [4.78, 5) is 17.4. The molecule has 1 N–H and O–H groups in total. The molecule has 3 heterocycles. The molecule has 0 atom stereocenters. The van der Waals surface area contributed by atoms with E-state index in [0.717, 1.165) is 35.2 Å². The van der Waals surface area contributed by atoms with E-state index in [4.69, 9.17) is 4.74 Å². The molecule has 2 aromatic carbocycles. The van der Waals surface area contributed by atoms with Crippen LogP contribution in [0.1, 0.15) is 24.0 Å². The topological polar surface area (TPSA) is 61.5 Å². The molecule has 2 aliphatic rings. The minimum Gasteiger partial charge on any atom is -0.381 e. The number of carbonyl (C=O) groups is 1. The summed E-state index contributed by atoms with van der Waals surface area (Å²) in [6.07, 6.45) is 5.17. The highest BCUT2D eigenvalue weighted by atomic mass is 19.1. The first kappa shape index (κ1) is 19.8. The van der Waals surface area contributed by atoms with E-state index in [-0.39, 0.29) is 17.4 Å². The van der Waals surface area contributed by atoms with Crippen molar-refractivity contribution in [3.63, 3.8) is 0 Å². The van der Waals surface area contributed by atoms with Crippen LogP contribution in [-0.2, 0) is 11.3 Å². The zero-order chi connectivity index (χ0) is 21.4. The number of hydrogen-bond donors (Lipinski definition) is 1. The van der Waals surface area contributed by atoms with Crippen LogP contribution in [0.15, 0.2) is 54.9 Å². The largest absolute Gasteiger partial charge is 0.381 e. The predicted octanol–water partition coefficient (Wildman–Crippen LogP) is 4.52. The van der Waals surface area contributed by atoms with Crippen molar-refractivity contribution in [2.45, 2.75) is 31.8 Å². The van der Waals surface area contributed by atoms with Gasteiger partial charge >= 0.3 is 6.03 Å². The molecular formula is C24H25FN4O2. The van der Waals surface area contributed by atoms with Crippen molar-refractivity contribution < 1.29 is 13.9 Å². The monoisotopic (exact) mass is 420 g/mol. The van der Waals surface area contributed by atoms with Crippen LogP contribution in [0, 0.1) is 12.7 Å². The number of aromatic nitrogens is 2. The van der Waals surface area contributed by atoms with Crippen LogP contribution >= 0.6 is 0 Å². The van der Waals surface area contributed by atoms with Crippen molar-refractivity contribution in [2.75, 3.05) is 24.7 Å². The van der Waals surface area contributed by atoms with Gasteiger partial charge in [0.15, 0.2) is 0 Å². The number of amides is 2. The number of anilines is 1. The molecule has 6 nitrogen and oxygen atoms in total. The molecule has 1 spiro atoms. The fraction of sp³-hybridized carbons (Fsp3) is 0.333. The van der Waals surface area contributed by atoms with Crippen LogP contribution in [-0.4, -0.2) is 46.4 Å². The van der Waals surface area contributed by atoms with Gasteiger partial charge in [-0.05, 0) is 54.7 Å². The van der Waals surface area contributed by atoms with Gasteiger partial charge in [-0.2, -0.15) is 5.10 Å². The normalized spacial score (nSPS) is 18.2. The van der Waals surface area contributed by atoms with Crippen molar-refractivity contribution in [1.29, 1.82) is 0 Å². The molecule has 7 heteroatoms. The molecule has 0 radical (unpaired) electrons. The zero-order valence-corrected chi connectivity index (χ0v) is 17.5. The second-order valence-corrected chi connectivity index (χ2v) is 8.35. The van der Waals surface area contributed by atoms with Gasteiger partial charge in [0.25, 0.3) is 0 Å². The van der Waals surface area contributed by atoms with Crippen molar-refractivity contribution in [1.82, 2.24) is 15.1 Å². The highest BCUT2D eigenvalue weighted by Gasteiger charge is 2.50. The number of ether oxygens (including phenoxy) is 1. The molecule has 5 rings (SSSR count). The fourth-order valence-electron chi connectivity index (χ4n) is 4.65. The Morgan fingerprint density at radius 3 is 2.61 bits per heavy atom. The summed E-state index contributed by atoms with van der Waals surface area (Å²) in [6, 6.07) is 13.0. The molecule has 3 aromatic rings. The number of benzene rings is 2. The Balaban J connectivity index is 1.46. The quantitative estimate of drug-likeness (QED) is 0.675. The summed E-state index contributed by atoms with van der Waals surface area (Å²) in [5.41, 5.74) is 4.04. The van der Waals surface area contributed by atoms with Gasteiger partial charge in [-0.3, -0.25) is 10.00 Å². The molecule has 160 valence electrons. The second-order valence-electron chi connectivity index (χ2n) is 8.35. The van der Waals surface area contributed by atoms with Crippen LogP contribution in [0.25, 0.3) is 11.1 Å². The smallest absolute Gasteiger partial charge is 0.325 e. The maximum absolute atomic E-state index is 14.1. The molecule has 0 saturated carbocycles.